The van der Waals surface area contributed by atoms with Crippen molar-refractivity contribution < 1.29 is 23.9 Å². The third kappa shape index (κ3) is 8.61. The molecule has 192 valence electrons. The highest BCUT2D eigenvalue weighted by molar-refractivity contribution is 7.98. The van der Waals surface area contributed by atoms with E-state index in [4.69, 9.17) is 4.74 Å². The Balaban J connectivity index is 1.66. The summed E-state index contributed by atoms with van der Waals surface area (Å²) in [6, 6.07) is 23.9. The van der Waals surface area contributed by atoms with Crippen LogP contribution in [0.25, 0.3) is 0 Å². The number of benzene rings is 3. The van der Waals surface area contributed by atoms with Crippen LogP contribution < -0.4 is 10.6 Å². The van der Waals surface area contributed by atoms with Gasteiger partial charge in [-0.3, -0.25) is 14.4 Å². The molecule has 0 heterocycles. The summed E-state index contributed by atoms with van der Waals surface area (Å²) >= 11 is 1.49. The number of hydrogen-bond acceptors (Lipinski definition) is 6. The Morgan fingerprint density at radius 1 is 0.838 bits per heavy atom. The van der Waals surface area contributed by atoms with Gasteiger partial charge in [0.1, 0.15) is 6.04 Å². The number of ketones is 1. The van der Waals surface area contributed by atoms with Crippen LogP contribution in [0.4, 0.5) is 5.69 Å². The van der Waals surface area contributed by atoms with Crippen LogP contribution in [0.2, 0.25) is 0 Å². The normalized spacial score (nSPS) is 12.2. The van der Waals surface area contributed by atoms with Crippen LogP contribution in [0.3, 0.4) is 0 Å². The van der Waals surface area contributed by atoms with Crippen molar-refractivity contribution in [3.63, 3.8) is 0 Å². The van der Waals surface area contributed by atoms with Gasteiger partial charge in [-0.25, -0.2) is 4.79 Å². The van der Waals surface area contributed by atoms with Crippen LogP contribution in [-0.4, -0.2) is 41.5 Å². The molecule has 0 aliphatic rings. The number of amides is 2. The highest BCUT2D eigenvalue weighted by Crippen LogP contribution is 2.16. The summed E-state index contributed by atoms with van der Waals surface area (Å²) in [4.78, 5) is 50.2. The fourth-order valence-electron chi connectivity index (χ4n) is 3.42. The lowest BCUT2D eigenvalue weighted by molar-refractivity contribution is -0.155. The first kappa shape index (κ1) is 27.7. The third-order valence-electron chi connectivity index (χ3n) is 5.50. The molecule has 0 aliphatic carbocycles. The van der Waals surface area contributed by atoms with E-state index in [0.717, 1.165) is 5.56 Å². The molecule has 8 heteroatoms. The third-order valence-corrected chi connectivity index (χ3v) is 6.61. The Bertz CT molecular complexity index is 1200. The molecule has 3 aromatic carbocycles. The number of Topliss-reactive ketones (excluding diaryl/α,β-unsaturated/α-hetero) is 1. The second-order valence-corrected chi connectivity index (χ2v) is 9.38. The van der Waals surface area contributed by atoms with E-state index in [1.54, 1.807) is 61.5 Å². The zero-order valence-corrected chi connectivity index (χ0v) is 21.6. The van der Waals surface area contributed by atoms with E-state index < -0.39 is 29.9 Å². The molecule has 0 saturated heterocycles. The van der Waals surface area contributed by atoms with Gasteiger partial charge in [-0.15, -0.1) is 0 Å². The molecule has 0 fully saturated rings. The molecule has 0 aliphatic heterocycles. The average molecular weight is 519 g/mol. The van der Waals surface area contributed by atoms with Crippen molar-refractivity contribution in [2.24, 2.45) is 0 Å². The van der Waals surface area contributed by atoms with E-state index in [0.29, 0.717) is 22.6 Å². The van der Waals surface area contributed by atoms with Gasteiger partial charge in [0.2, 0.25) is 0 Å². The van der Waals surface area contributed by atoms with E-state index in [1.807, 2.05) is 30.3 Å². The molecule has 0 saturated carbocycles. The number of hydrogen-bond donors (Lipinski definition) is 2. The molecule has 7 nitrogen and oxygen atoms in total. The van der Waals surface area contributed by atoms with Gasteiger partial charge in [0.25, 0.3) is 11.8 Å². The van der Waals surface area contributed by atoms with Crippen LogP contribution in [0, 0.1) is 0 Å². The van der Waals surface area contributed by atoms with E-state index in [1.165, 1.54) is 18.7 Å². The summed E-state index contributed by atoms with van der Waals surface area (Å²) in [5, 5.41) is 5.47. The minimum Gasteiger partial charge on any atom is -0.451 e. The van der Waals surface area contributed by atoms with Crippen LogP contribution in [0.5, 0.6) is 0 Å². The first-order valence-corrected chi connectivity index (χ1v) is 13.1. The second-order valence-electron chi connectivity index (χ2n) is 8.35. The van der Waals surface area contributed by atoms with Crippen molar-refractivity contribution in [3.05, 3.63) is 102 Å². The molecule has 2 N–H and O–H groups in total. The smallest absolute Gasteiger partial charge is 0.330 e. The number of rotatable bonds is 12. The molecule has 0 radical (unpaired) electrons. The maximum Gasteiger partial charge on any atom is 0.330 e. The van der Waals surface area contributed by atoms with Gasteiger partial charge in [0, 0.05) is 28.3 Å². The molecular formula is C29H30N2O5S. The minimum atomic E-state index is -1.05. The molecule has 0 bridgehead atoms. The molecule has 2 atom stereocenters. The standard InChI is InChI=1S/C29H30N2O5S/c1-3-26(28(34)30-24-16-14-22(15-17-24)20(2)32)36-29(35)25(19-37-18-21-10-6-4-7-11-21)31-27(33)23-12-8-5-9-13-23/h4-17,25-26H,3,18-19H2,1-2H3,(H,30,34)(H,31,33). The lowest BCUT2D eigenvalue weighted by atomic mass is 10.1. The maximum atomic E-state index is 13.1. The molecule has 3 aromatic rings. The summed E-state index contributed by atoms with van der Waals surface area (Å²) < 4.78 is 5.56. The summed E-state index contributed by atoms with van der Waals surface area (Å²) in [6.45, 7) is 3.20. The van der Waals surface area contributed by atoms with Crippen molar-refractivity contribution in [2.75, 3.05) is 11.1 Å². The Morgan fingerprint density at radius 3 is 2.05 bits per heavy atom. The zero-order valence-electron chi connectivity index (χ0n) is 20.8. The van der Waals surface area contributed by atoms with E-state index in [9.17, 15) is 19.2 Å². The fraction of sp³-hybridized carbons (Fsp3) is 0.241. The highest BCUT2D eigenvalue weighted by atomic mass is 32.2. The summed E-state index contributed by atoms with van der Waals surface area (Å²) in [7, 11) is 0. The Hall–Kier alpha value is -3.91. The largest absolute Gasteiger partial charge is 0.451 e. The molecule has 3 rings (SSSR count). The van der Waals surface area contributed by atoms with Gasteiger partial charge in [-0.2, -0.15) is 11.8 Å². The molecule has 37 heavy (non-hydrogen) atoms. The van der Waals surface area contributed by atoms with Crippen molar-refractivity contribution in [3.8, 4) is 0 Å². The Kier molecular flexibility index (Phi) is 10.5. The highest BCUT2D eigenvalue weighted by Gasteiger charge is 2.28. The van der Waals surface area contributed by atoms with Crippen LogP contribution >= 0.6 is 11.8 Å². The van der Waals surface area contributed by atoms with E-state index in [2.05, 4.69) is 10.6 Å². The zero-order chi connectivity index (χ0) is 26.6. The predicted molar refractivity (Wildman–Crippen MR) is 146 cm³/mol. The molecule has 0 spiro atoms. The Labute approximate surface area is 221 Å². The quantitative estimate of drug-likeness (QED) is 0.262. The van der Waals surface area contributed by atoms with Gasteiger partial charge < -0.3 is 15.4 Å². The number of esters is 1. The molecule has 2 unspecified atom stereocenters. The van der Waals surface area contributed by atoms with Crippen LogP contribution in [0.1, 0.15) is 46.5 Å². The van der Waals surface area contributed by atoms with Gasteiger partial charge in [0.05, 0.1) is 0 Å². The van der Waals surface area contributed by atoms with Crippen molar-refractivity contribution in [2.45, 2.75) is 38.2 Å². The van der Waals surface area contributed by atoms with Crippen molar-refractivity contribution in [1.82, 2.24) is 5.32 Å². The van der Waals surface area contributed by atoms with Crippen LogP contribution in [0.15, 0.2) is 84.9 Å². The lowest BCUT2D eigenvalue weighted by Crippen LogP contribution is -2.46. The van der Waals surface area contributed by atoms with Crippen molar-refractivity contribution in [1.29, 1.82) is 0 Å². The first-order valence-electron chi connectivity index (χ1n) is 12.0. The van der Waals surface area contributed by atoms with Crippen molar-refractivity contribution >= 4 is 41.0 Å². The minimum absolute atomic E-state index is 0.0769. The number of anilines is 1. The molecule has 0 aromatic heterocycles. The predicted octanol–water partition coefficient (Wildman–Crippen LogP) is 4.88. The number of nitrogens with one attached hydrogen (secondary N) is 2. The monoisotopic (exact) mass is 518 g/mol. The SMILES string of the molecule is CCC(OC(=O)C(CSCc1ccccc1)NC(=O)c1ccccc1)C(=O)Nc1ccc(C(C)=O)cc1. The first-order chi connectivity index (χ1) is 17.9. The van der Waals surface area contributed by atoms with Gasteiger partial charge in [-0.1, -0.05) is 55.5 Å². The summed E-state index contributed by atoms with van der Waals surface area (Å²) in [6.07, 6.45) is -0.796. The summed E-state index contributed by atoms with van der Waals surface area (Å²) in [5.41, 5.74) is 2.53. The van der Waals surface area contributed by atoms with Gasteiger partial charge >= 0.3 is 5.97 Å². The van der Waals surface area contributed by atoms with Gasteiger partial charge in [0.15, 0.2) is 11.9 Å². The number of carbonyl (C=O) groups excluding carboxylic acids is 4. The number of ether oxygens (including phenoxy) is 1. The van der Waals surface area contributed by atoms with Gasteiger partial charge in [-0.05, 0) is 55.3 Å². The average Bonchev–Trinajstić information content (AvgIpc) is 2.92. The Morgan fingerprint density at radius 2 is 1.46 bits per heavy atom. The van der Waals surface area contributed by atoms with Crippen LogP contribution in [-0.2, 0) is 20.1 Å². The lowest BCUT2D eigenvalue weighted by Gasteiger charge is -2.21. The number of thioether (sulfide) groups is 1. The topological polar surface area (TPSA) is 102 Å². The van der Waals surface area contributed by atoms with E-state index >= 15 is 0 Å². The second kappa shape index (κ2) is 14.0. The molecule has 2 amide bonds. The fourth-order valence-corrected chi connectivity index (χ4v) is 4.43. The molecular weight excluding hydrogens is 488 g/mol. The maximum absolute atomic E-state index is 13.1. The van der Waals surface area contributed by atoms with E-state index in [-0.39, 0.29) is 18.0 Å². The number of carbonyl (C=O) groups is 4. The summed E-state index contributed by atoms with van der Waals surface area (Å²) in [5.74, 6) is -0.718.